The molecule has 168 valence electrons. The highest BCUT2D eigenvalue weighted by Gasteiger charge is 2.51. The summed E-state index contributed by atoms with van der Waals surface area (Å²) in [5.74, 6) is 1.22. The molecule has 1 spiro atoms. The minimum Gasteiger partial charge on any atom is -0.489 e. The van der Waals surface area contributed by atoms with Gasteiger partial charge in [-0.3, -0.25) is 9.69 Å². The minimum atomic E-state index is -0.158. The number of hydrogen-bond donors (Lipinski definition) is 0. The predicted molar refractivity (Wildman–Crippen MR) is 119 cm³/mol. The van der Waals surface area contributed by atoms with E-state index >= 15 is 0 Å². The Morgan fingerprint density at radius 3 is 2.66 bits per heavy atom. The third-order valence-electron chi connectivity index (χ3n) is 8.11. The highest BCUT2D eigenvalue weighted by molar-refractivity contribution is 5.73. The van der Waals surface area contributed by atoms with Crippen molar-refractivity contribution in [2.75, 3.05) is 20.2 Å². The van der Waals surface area contributed by atoms with Crippen LogP contribution in [0.5, 0.6) is 5.75 Å². The van der Waals surface area contributed by atoms with Crippen molar-refractivity contribution in [2.45, 2.75) is 57.1 Å². The molecule has 0 unspecified atom stereocenters. The molecule has 1 heterocycles. The lowest BCUT2D eigenvalue weighted by Crippen LogP contribution is -2.63. The van der Waals surface area contributed by atoms with E-state index in [9.17, 15) is 9.18 Å². The van der Waals surface area contributed by atoms with Gasteiger partial charge in [-0.1, -0.05) is 18.2 Å². The van der Waals surface area contributed by atoms with Crippen LogP contribution in [0.25, 0.3) is 0 Å². The Morgan fingerprint density at radius 2 is 1.91 bits per heavy atom. The number of ether oxygens (including phenoxy) is 2. The van der Waals surface area contributed by atoms with Crippen LogP contribution < -0.4 is 4.74 Å². The van der Waals surface area contributed by atoms with Crippen LogP contribution in [0.3, 0.4) is 0 Å². The molecule has 0 amide bonds. The lowest BCUT2D eigenvalue weighted by molar-refractivity contribution is -0.154. The van der Waals surface area contributed by atoms with Gasteiger partial charge in [-0.05, 0) is 79.3 Å². The van der Waals surface area contributed by atoms with Gasteiger partial charge in [0.1, 0.15) is 18.2 Å². The van der Waals surface area contributed by atoms with Crippen molar-refractivity contribution in [1.29, 1.82) is 0 Å². The van der Waals surface area contributed by atoms with Crippen molar-refractivity contribution in [3.05, 3.63) is 64.5 Å². The van der Waals surface area contributed by atoms with Gasteiger partial charge in [0.05, 0.1) is 13.0 Å². The summed E-state index contributed by atoms with van der Waals surface area (Å²) in [6.07, 6.45) is 6.37. The summed E-state index contributed by atoms with van der Waals surface area (Å²) in [6, 6.07) is 12.3. The molecule has 4 nitrogen and oxygen atoms in total. The van der Waals surface area contributed by atoms with Gasteiger partial charge in [0.15, 0.2) is 0 Å². The van der Waals surface area contributed by atoms with Crippen molar-refractivity contribution in [3.8, 4) is 5.75 Å². The fourth-order valence-corrected chi connectivity index (χ4v) is 6.10. The number of halogens is 1. The van der Waals surface area contributed by atoms with Crippen molar-refractivity contribution >= 4 is 5.97 Å². The second kappa shape index (κ2) is 7.58. The first-order chi connectivity index (χ1) is 15.5. The maximum absolute atomic E-state index is 14.4. The van der Waals surface area contributed by atoms with Crippen molar-refractivity contribution in [1.82, 2.24) is 4.90 Å². The van der Waals surface area contributed by atoms with Gasteiger partial charge in [0, 0.05) is 30.1 Å². The number of rotatable bonds is 6. The molecule has 32 heavy (non-hydrogen) atoms. The van der Waals surface area contributed by atoms with Gasteiger partial charge in [-0.2, -0.15) is 0 Å². The number of fused-ring (bicyclic) bond motifs is 1. The number of carbonyl (C=O) groups is 1. The molecule has 1 saturated heterocycles. The van der Waals surface area contributed by atoms with Crippen LogP contribution in [-0.4, -0.2) is 37.1 Å². The first-order valence-electron chi connectivity index (χ1n) is 11.9. The zero-order valence-corrected chi connectivity index (χ0v) is 18.6. The molecule has 0 N–H and O–H groups in total. The summed E-state index contributed by atoms with van der Waals surface area (Å²) in [4.78, 5) is 14.2. The molecular weight excluding hydrogens is 405 g/mol. The Hall–Kier alpha value is -2.40. The van der Waals surface area contributed by atoms with E-state index in [0.29, 0.717) is 29.5 Å². The second-order valence-electron chi connectivity index (χ2n) is 10.4. The number of nitrogens with zero attached hydrogens (tertiary/aromatic N) is 1. The molecule has 3 fully saturated rings. The van der Waals surface area contributed by atoms with Crippen LogP contribution >= 0.6 is 0 Å². The molecule has 2 saturated carbocycles. The van der Waals surface area contributed by atoms with Crippen molar-refractivity contribution in [2.24, 2.45) is 11.3 Å². The van der Waals surface area contributed by atoms with E-state index in [-0.39, 0.29) is 17.7 Å². The smallest absolute Gasteiger partial charge is 0.308 e. The molecule has 0 atom stereocenters. The summed E-state index contributed by atoms with van der Waals surface area (Å²) in [5, 5.41) is 0. The van der Waals surface area contributed by atoms with E-state index in [1.54, 1.807) is 0 Å². The van der Waals surface area contributed by atoms with Crippen LogP contribution in [0.15, 0.2) is 36.4 Å². The highest BCUT2D eigenvalue weighted by atomic mass is 19.1. The molecule has 2 aromatic rings. The van der Waals surface area contributed by atoms with Gasteiger partial charge in [-0.25, -0.2) is 4.39 Å². The molecule has 1 aliphatic heterocycles. The lowest BCUT2D eigenvalue weighted by atomic mass is 9.71. The largest absolute Gasteiger partial charge is 0.489 e. The average Bonchev–Trinajstić information content (AvgIpc) is 3.50. The maximum atomic E-state index is 14.4. The van der Waals surface area contributed by atoms with Crippen LogP contribution in [0.4, 0.5) is 4.39 Å². The number of carbonyl (C=O) groups excluding carboxylic acids is 1. The minimum absolute atomic E-state index is 0.0584. The molecular formula is C27H30FNO3. The van der Waals surface area contributed by atoms with Gasteiger partial charge in [-0.15, -0.1) is 0 Å². The van der Waals surface area contributed by atoms with E-state index in [1.807, 2.05) is 18.2 Å². The number of benzene rings is 2. The fraction of sp³-hybridized carbons (Fsp3) is 0.519. The molecule has 0 bridgehead atoms. The average molecular weight is 436 g/mol. The van der Waals surface area contributed by atoms with Gasteiger partial charge < -0.3 is 9.47 Å². The van der Waals surface area contributed by atoms with Crippen LogP contribution in [0, 0.1) is 17.2 Å². The number of hydrogen-bond acceptors (Lipinski definition) is 4. The summed E-state index contributed by atoms with van der Waals surface area (Å²) >= 11 is 0. The highest BCUT2D eigenvalue weighted by Crippen LogP contribution is 2.48. The number of likely N-dealkylation sites (tertiary alicyclic amines) is 1. The normalized spacial score (nSPS) is 25.7. The lowest BCUT2D eigenvalue weighted by Gasteiger charge is -2.55. The molecule has 3 aliphatic carbocycles. The molecule has 4 aliphatic rings. The Labute approximate surface area is 188 Å². The quantitative estimate of drug-likeness (QED) is 0.620. The van der Waals surface area contributed by atoms with E-state index < -0.39 is 0 Å². The van der Waals surface area contributed by atoms with Crippen LogP contribution in [0.1, 0.15) is 53.9 Å². The number of esters is 1. The third kappa shape index (κ3) is 3.51. The zero-order valence-electron chi connectivity index (χ0n) is 18.6. The molecule has 5 heteroatoms. The maximum Gasteiger partial charge on any atom is 0.308 e. The SMILES string of the molecule is COC(=O)C1CC(N2CC3(Cc4ccc(OCc5c(F)cccc5C5CC5)cc4C3)C2)C1. The summed E-state index contributed by atoms with van der Waals surface area (Å²) in [5.41, 5.74) is 4.96. The first kappa shape index (κ1) is 20.2. The van der Waals surface area contributed by atoms with E-state index in [2.05, 4.69) is 17.0 Å². The van der Waals surface area contributed by atoms with Gasteiger partial charge in [0.2, 0.25) is 0 Å². The standard InChI is InChI=1S/C27H30FNO3/c1-31-26(30)19-9-21(10-19)29-15-27(16-29)12-18-7-8-22(11-20(18)13-27)32-14-24-23(17-5-6-17)3-2-4-25(24)28/h2-4,7-8,11,17,19,21H,5-6,9-10,12-16H2,1H3. The summed E-state index contributed by atoms with van der Waals surface area (Å²) < 4.78 is 25.4. The fourth-order valence-electron chi connectivity index (χ4n) is 6.10. The van der Waals surface area contributed by atoms with Crippen molar-refractivity contribution < 1.29 is 18.7 Å². The summed E-state index contributed by atoms with van der Waals surface area (Å²) in [6.45, 7) is 2.51. The van der Waals surface area contributed by atoms with Crippen LogP contribution in [0.2, 0.25) is 0 Å². The number of methoxy groups -OCH3 is 1. The van der Waals surface area contributed by atoms with E-state index in [0.717, 1.165) is 62.9 Å². The summed E-state index contributed by atoms with van der Waals surface area (Å²) in [7, 11) is 1.48. The Kier molecular flexibility index (Phi) is 4.79. The van der Waals surface area contributed by atoms with E-state index in [4.69, 9.17) is 9.47 Å². The van der Waals surface area contributed by atoms with E-state index in [1.165, 1.54) is 24.3 Å². The van der Waals surface area contributed by atoms with Gasteiger partial charge >= 0.3 is 5.97 Å². The molecule has 0 radical (unpaired) electrons. The van der Waals surface area contributed by atoms with Gasteiger partial charge in [0.25, 0.3) is 0 Å². The van der Waals surface area contributed by atoms with Crippen molar-refractivity contribution in [3.63, 3.8) is 0 Å². The third-order valence-corrected chi connectivity index (χ3v) is 8.11. The topological polar surface area (TPSA) is 38.8 Å². The first-order valence-corrected chi connectivity index (χ1v) is 11.9. The monoisotopic (exact) mass is 435 g/mol. The predicted octanol–water partition coefficient (Wildman–Crippen LogP) is 4.63. The molecule has 6 rings (SSSR count). The molecule has 2 aromatic carbocycles. The Bertz CT molecular complexity index is 1050. The molecule has 0 aromatic heterocycles. The Morgan fingerprint density at radius 1 is 1.12 bits per heavy atom. The Balaban J connectivity index is 1.07. The van der Waals surface area contributed by atoms with Crippen LogP contribution in [-0.2, 0) is 29.0 Å². The zero-order chi connectivity index (χ0) is 21.9. The second-order valence-corrected chi connectivity index (χ2v) is 10.4.